The van der Waals surface area contributed by atoms with E-state index in [2.05, 4.69) is 20.3 Å². The number of pyridine rings is 4. The molecule has 5 aromatic rings. The lowest BCUT2D eigenvalue weighted by Crippen LogP contribution is -2.20. The Kier molecular flexibility index (Phi) is 6.66. The van der Waals surface area contributed by atoms with Gasteiger partial charge in [-0.1, -0.05) is 48.0 Å². The molecule has 8 nitrogen and oxygen atoms in total. The highest BCUT2D eigenvalue weighted by atomic mass is 35.5. The molecule has 0 aliphatic carbocycles. The number of methoxy groups -OCH3 is 1. The Morgan fingerprint density at radius 1 is 1.05 bits per heavy atom. The molecule has 0 atom stereocenters. The summed E-state index contributed by atoms with van der Waals surface area (Å²) in [6.07, 6.45) is 3.08. The van der Waals surface area contributed by atoms with Gasteiger partial charge in [-0.15, -0.1) is 0 Å². The number of nitrogens with zero attached hydrogens (tertiary/aromatic N) is 3. The Morgan fingerprint density at radius 2 is 1.86 bits per heavy atom. The minimum atomic E-state index is -0.347. The number of carbonyl (C=O) groups is 1. The highest BCUT2D eigenvalue weighted by Crippen LogP contribution is 2.33. The van der Waals surface area contributed by atoms with Crippen LogP contribution in [0.4, 0.5) is 5.69 Å². The number of carbonyl (C=O) groups excluding carboxylic acids is 1. The number of halogens is 1. The number of benzene rings is 1. The third-order valence-corrected chi connectivity index (χ3v) is 5.98. The van der Waals surface area contributed by atoms with Crippen molar-refractivity contribution in [1.29, 1.82) is 0 Å². The van der Waals surface area contributed by atoms with Gasteiger partial charge in [0.05, 0.1) is 24.6 Å². The van der Waals surface area contributed by atoms with Crippen LogP contribution in [-0.4, -0.2) is 33.0 Å². The Bertz CT molecular complexity index is 1650. The van der Waals surface area contributed by atoms with Gasteiger partial charge in [-0.3, -0.25) is 9.59 Å². The first-order chi connectivity index (χ1) is 17.9. The molecule has 184 valence electrons. The molecule has 0 aliphatic heterocycles. The molecule has 1 amide bonds. The number of amides is 1. The van der Waals surface area contributed by atoms with Gasteiger partial charge in [-0.05, 0) is 36.2 Å². The molecule has 37 heavy (non-hydrogen) atoms. The summed E-state index contributed by atoms with van der Waals surface area (Å²) >= 11 is 6.26. The van der Waals surface area contributed by atoms with E-state index in [9.17, 15) is 9.59 Å². The number of rotatable bonds is 6. The second-order valence-corrected chi connectivity index (χ2v) is 8.82. The van der Waals surface area contributed by atoms with Crippen LogP contribution >= 0.6 is 11.6 Å². The van der Waals surface area contributed by atoms with Gasteiger partial charge in [-0.2, -0.15) is 0 Å². The number of H-pyrrole nitrogens is 1. The summed E-state index contributed by atoms with van der Waals surface area (Å²) < 4.78 is 5.04. The monoisotopic (exact) mass is 511 g/mol. The van der Waals surface area contributed by atoms with Crippen LogP contribution < -0.4 is 15.5 Å². The van der Waals surface area contributed by atoms with E-state index in [0.717, 1.165) is 22.4 Å². The number of ether oxygens (including phenoxy) is 1. The maximum atomic E-state index is 13.4. The first kappa shape index (κ1) is 24.1. The molecule has 0 saturated heterocycles. The highest BCUT2D eigenvalue weighted by molar-refractivity contribution is 6.29. The van der Waals surface area contributed by atoms with E-state index >= 15 is 0 Å². The van der Waals surface area contributed by atoms with E-state index in [-0.39, 0.29) is 23.4 Å². The van der Waals surface area contributed by atoms with Gasteiger partial charge in [0.2, 0.25) is 17.2 Å². The smallest absolute Gasteiger partial charge is 0.228 e. The second-order valence-electron chi connectivity index (χ2n) is 8.43. The predicted octanol–water partition coefficient (Wildman–Crippen LogP) is 5.20. The Morgan fingerprint density at radius 3 is 2.57 bits per heavy atom. The van der Waals surface area contributed by atoms with E-state index in [1.54, 1.807) is 30.5 Å². The quantitative estimate of drug-likeness (QED) is 0.303. The van der Waals surface area contributed by atoms with Crippen molar-refractivity contribution in [3.05, 3.63) is 99.7 Å². The molecule has 4 aromatic heterocycles. The fourth-order valence-electron chi connectivity index (χ4n) is 4.08. The van der Waals surface area contributed by atoms with Gasteiger partial charge >= 0.3 is 0 Å². The van der Waals surface area contributed by atoms with Gasteiger partial charge in [0.25, 0.3) is 0 Å². The molecule has 0 fully saturated rings. The number of anilines is 1. The minimum absolute atomic E-state index is 0.0553. The SMILES string of the molecule is COc1ccc(CC(=O)Nc2c[nH]c3nc(-c4ccccc4)c(-c4cc(C)nc(Cl)c4)cc3c2=O)cn1. The van der Waals surface area contributed by atoms with Gasteiger partial charge in [0, 0.05) is 35.3 Å². The average Bonchev–Trinajstić information content (AvgIpc) is 2.90. The van der Waals surface area contributed by atoms with E-state index in [1.165, 1.54) is 13.3 Å². The second kappa shape index (κ2) is 10.2. The van der Waals surface area contributed by atoms with E-state index in [4.69, 9.17) is 21.3 Å². The van der Waals surface area contributed by atoms with Crippen LogP contribution in [0, 0.1) is 6.92 Å². The van der Waals surface area contributed by atoms with Crippen molar-refractivity contribution in [2.75, 3.05) is 12.4 Å². The van der Waals surface area contributed by atoms with E-state index in [0.29, 0.717) is 33.3 Å². The zero-order valence-electron chi connectivity index (χ0n) is 20.1. The summed E-state index contributed by atoms with van der Waals surface area (Å²) in [4.78, 5) is 42.3. The average molecular weight is 512 g/mol. The summed E-state index contributed by atoms with van der Waals surface area (Å²) in [6, 6.07) is 18.5. The summed E-state index contributed by atoms with van der Waals surface area (Å²) in [5.74, 6) is 0.112. The third kappa shape index (κ3) is 5.19. The predicted molar refractivity (Wildman–Crippen MR) is 144 cm³/mol. The van der Waals surface area contributed by atoms with Crippen molar-refractivity contribution in [3.63, 3.8) is 0 Å². The molecule has 0 aliphatic rings. The zero-order valence-corrected chi connectivity index (χ0v) is 20.8. The van der Waals surface area contributed by atoms with Crippen molar-refractivity contribution >= 4 is 34.2 Å². The molecule has 2 N–H and O–H groups in total. The Labute approximate surface area is 217 Å². The molecule has 0 spiro atoms. The van der Waals surface area contributed by atoms with Gasteiger partial charge < -0.3 is 15.0 Å². The first-order valence-electron chi connectivity index (χ1n) is 11.5. The van der Waals surface area contributed by atoms with Gasteiger partial charge in [-0.25, -0.2) is 15.0 Å². The van der Waals surface area contributed by atoms with Crippen molar-refractivity contribution in [2.24, 2.45) is 0 Å². The topological polar surface area (TPSA) is 110 Å². The van der Waals surface area contributed by atoms with Crippen molar-refractivity contribution in [1.82, 2.24) is 19.9 Å². The summed E-state index contributed by atoms with van der Waals surface area (Å²) in [7, 11) is 1.52. The summed E-state index contributed by atoms with van der Waals surface area (Å²) in [5.41, 5.74) is 4.70. The normalized spacial score (nSPS) is 10.9. The molecule has 0 unspecified atom stereocenters. The number of nitrogens with one attached hydrogen (secondary N) is 2. The molecular formula is C28H22ClN5O3. The van der Waals surface area contributed by atoms with Crippen LogP contribution in [-0.2, 0) is 11.2 Å². The van der Waals surface area contributed by atoms with Crippen LogP contribution in [0.1, 0.15) is 11.3 Å². The van der Waals surface area contributed by atoms with Crippen LogP contribution in [0.5, 0.6) is 5.88 Å². The molecule has 0 saturated carbocycles. The lowest BCUT2D eigenvalue weighted by molar-refractivity contribution is -0.115. The summed E-state index contributed by atoms with van der Waals surface area (Å²) in [5, 5.41) is 3.38. The highest BCUT2D eigenvalue weighted by Gasteiger charge is 2.17. The molecule has 0 bridgehead atoms. The number of fused-ring (bicyclic) bond motifs is 1. The third-order valence-electron chi connectivity index (χ3n) is 5.79. The molecule has 0 radical (unpaired) electrons. The van der Waals surface area contributed by atoms with Crippen molar-refractivity contribution < 1.29 is 9.53 Å². The Balaban J connectivity index is 1.56. The maximum absolute atomic E-state index is 13.4. The number of hydrogen-bond donors (Lipinski definition) is 2. The van der Waals surface area contributed by atoms with Crippen molar-refractivity contribution in [3.8, 4) is 28.3 Å². The maximum Gasteiger partial charge on any atom is 0.228 e. The van der Waals surface area contributed by atoms with Crippen LogP contribution in [0.15, 0.2) is 77.9 Å². The van der Waals surface area contributed by atoms with Crippen LogP contribution in [0.2, 0.25) is 5.15 Å². The van der Waals surface area contributed by atoms with E-state index in [1.807, 2.05) is 43.3 Å². The molecule has 1 aromatic carbocycles. The van der Waals surface area contributed by atoms with Crippen LogP contribution in [0.25, 0.3) is 33.4 Å². The standard InChI is InChI=1S/C28H22ClN5O3/c1-16-10-19(12-23(29)32-16)20-13-21-27(36)22(33-24(35)11-17-8-9-25(37-2)30-14-17)15-31-28(21)34-26(20)18-6-4-3-5-7-18/h3-10,12-15H,11H2,1-2H3,(H,33,35)(H,31,34,36). The molecule has 9 heteroatoms. The Hall–Kier alpha value is -4.56. The number of hydrogen-bond acceptors (Lipinski definition) is 6. The van der Waals surface area contributed by atoms with Crippen molar-refractivity contribution in [2.45, 2.75) is 13.3 Å². The summed E-state index contributed by atoms with van der Waals surface area (Å²) in [6.45, 7) is 1.85. The lowest BCUT2D eigenvalue weighted by atomic mass is 9.98. The number of aromatic amines is 1. The molecular weight excluding hydrogens is 490 g/mol. The first-order valence-corrected chi connectivity index (χ1v) is 11.8. The fraction of sp³-hybridized carbons (Fsp3) is 0.107. The van der Waals surface area contributed by atoms with Crippen LogP contribution in [0.3, 0.4) is 0 Å². The van der Waals surface area contributed by atoms with Gasteiger partial charge in [0.15, 0.2) is 0 Å². The van der Waals surface area contributed by atoms with E-state index < -0.39 is 0 Å². The minimum Gasteiger partial charge on any atom is -0.481 e. The zero-order chi connectivity index (χ0) is 25.9. The fourth-order valence-corrected chi connectivity index (χ4v) is 4.33. The number of aryl methyl sites for hydroxylation is 1. The lowest BCUT2D eigenvalue weighted by Gasteiger charge is -2.13. The number of aromatic nitrogens is 4. The molecule has 4 heterocycles. The largest absolute Gasteiger partial charge is 0.481 e. The van der Waals surface area contributed by atoms with Gasteiger partial charge in [0.1, 0.15) is 16.5 Å². The molecule has 5 rings (SSSR count).